The molecule has 8 heteroatoms. The van der Waals surface area contributed by atoms with Gasteiger partial charge in [-0.2, -0.15) is 5.10 Å². The summed E-state index contributed by atoms with van der Waals surface area (Å²) >= 11 is 0. The van der Waals surface area contributed by atoms with Crippen LogP contribution in [0.3, 0.4) is 0 Å². The van der Waals surface area contributed by atoms with Crippen molar-refractivity contribution in [3.05, 3.63) is 15.8 Å². The summed E-state index contributed by atoms with van der Waals surface area (Å²) in [5.41, 5.74) is 0.344. The summed E-state index contributed by atoms with van der Waals surface area (Å²) in [5.74, 6) is -0.764. The van der Waals surface area contributed by atoms with Crippen molar-refractivity contribution in [1.82, 2.24) is 9.78 Å². The highest BCUT2D eigenvalue weighted by molar-refractivity contribution is 5.72. The molecule has 0 amide bonds. The first-order valence-electron chi connectivity index (χ1n) is 7.04. The molecule has 0 aliphatic carbocycles. The molecular formula is C13H20N4O4. The molecule has 1 saturated heterocycles. The summed E-state index contributed by atoms with van der Waals surface area (Å²) in [6, 6.07) is 0. The van der Waals surface area contributed by atoms with Crippen molar-refractivity contribution in [3.63, 3.8) is 0 Å². The topological polar surface area (TPSA) is 101 Å². The maximum absolute atomic E-state index is 11.3. The SMILES string of the molecule is CCn1nc(C)c([N+](=O)[O-])c1N1CC(C)CC(C(=O)O)C1. The average molecular weight is 296 g/mol. The van der Waals surface area contributed by atoms with E-state index < -0.39 is 16.8 Å². The summed E-state index contributed by atoms with van der Waals surface area (Å²) in [4.78, 5) is 24.0. The normalized spacial score (nSPS) is 22.3. The van der Waals surface area contributed by atoms with Crippen LogP contribution in [0, 0.1) is 28.9 Å². The zero-order valence-corrected chi connectivity index (χ0v) is 12.4. The van der Waals surface area contributed by atoms with Crippen LogP contribution >= 0.6 is 0 Å². The molecule has 2 rings (SSSR count). The Morgan fingerprint density at radius 1 is 1.52 bits per heavy atom. The van der Waals surface area contributed by atoms with Crippen molar-refractivity contribution in [1.29, 1.82) is 0 Å². The van der Waals surface area contributed by atoms with Crippen molar-refractivity contribution in [2.45, 2.75) is 33.7 Å². The van der Waals surface area contributed by atoms with E-state index in [0.717, 1.165) is 0 Å². The lowest BCUT2D eigenvalue weighted by atomic mass is 9.90. The maximum Gasteiger partial charge on any atom is 0.333 e. The molecule has 1 aliphatic rings. The average Bonchev–Trinajstić information content (AvgIpc) is 2.74. The number of nitro groups is 1. The van der Waals surface area contributed by atoms with E-state index in [4.69, 9.17) is 0 Å². The number of anilines is 1. The fourth-order valence-electron chi connectivity index (χ4n) is 3.01. The van der Waals surface area contributed by atoms with Crippen LogP contribution in [-0.4, -0.2) is 38.9 Å². The molecule has 1 aromatic rings. The van der Waals surface area contributed by atoms with Gasteiger partial charge in [-0.1, -0.05) is 6.92 Å². The van der Waals surface area contributed by atoms with Crippen LogP contribution in [0.5, 0.6) is 0 Å². The van der Waals surface area contributed by atoms with Crippen molar-refractivity contribution < 1.29 is 14.8 Å². The van der Waals surface area contributed by atoms with Gasteiger partial charge < -0.3 is 10.0 Å². The minimum absolute atomic E-state index is 0.0184. The number of aryl methyl sites for hydroxylation is 2. The predicted molar refractivity (Wildman–Crippen MR) is 76.4 cm³/mol. The first kappa shape index (κ1) is 15.3. The van der Waals surface area contributed by atoms with Gasteiger partial charge in [-0.25, -0.2) is 4.68 Å². The molecule has 8 nitrogen and oxygen atoms in total. The van der Waals surface area contributed by atoms with Crippen LogP contribution in [0.4, 0.5) is 11.5 Å². The summed E-state index contributed by atoms with van der Waals surface area (Å²) in [6.45, 7) is 6.83. The highest BCUT2D eigenvalue weighted by Crippen LogP contribution is 2.35. The number of aliphatic carboxylic acids is 1. The first-order chi connectivity index (χ1) is 9.85. The molecule has 2 heterocycles. The number of carbonyl (C=O) groups is 1. The molecule has 2 unspecified atom stereocenters. The molecule has 116 valence electrons. The Morgan fingerprint density at radius 2 is 2.19 bits per heavy atom. The smallest absolute Gasteiger partial charge is 0.333 e. The quantitative estimate of drug-likeness (QED) is 0.670. The van der Waals surface area contributed by atoms with E-state index in [1.165, 1.54) is 0 Å². The Labute approximate surface area is 122 Å². The minimum Gasteiger partial charge on any atom is -0.481 e. The van der Waals surface area contributed by atoms with Gasteiger partial charge in [-0.3, -0.25) is 14.9 Å². The Balaban J connectivity index is 2.44. The number of aromatic nitrogens is 2. The molecule has 1 N–H and O–H groups in total. The second-order valence-corrected chi connectivity index (χ2v) is 5.61. The molecule has 21 heavy (non-hydrogen) atoms. The van der Waals surface area contributed by atoms with Gasteiger partial charge in [0.1, 0.15) is 5.69 Å². The van der Waals surface area contributed by atoms with Crippen LogP contribution in [0.15, 0.2) is 0 Å². The second-order valence-electron chi connectivity index (χ2n) is 5.61. The first-order valence-corrected chi connectivity index (χ1v) is 7.04. The van der Waals surface area contributed by atoms with E-state index in [1.54, 1.807) is 16.5 Å². The molecule has 0 saturated carbocycles. The van der Waals surface area contributed by atoms with E-state index in [2.05, 4.69) is 5.10 Å². The molecule has 1 aromatic heterocycles. The van der Waals surface area contributed by atoms with Gasteiger partial charge in [0.15, 0.2) is 0 Å². The fourth-order valence-corrected chi connectivity index (χ4v) is 3.01. The van der Waals surface area contributed by atoms with Gasteiger partial charge in [-0.15, -0.1) is 0 Å². The molecular weight excluding hydrogens is 276 g/mol. The third kappa shape index (κ3) is 2.84. The standard InChI is InChI=1S/C13H20N4O4/c1-4-16-12(11(17(20)21)9(3)14-16)15-6-8(2)5-10(7-15)13(18)19/h8,10H,4-7H2,1-3H3,(H,18,19). The minimum atomic E-state index is -0.853. The third-order valence-corrected chi connectivity index (χ3v) is 3.86. The highest BCUT2D eigenvalue weighted by Gasteiger charge is 2.36. The van der Waals surface area contributed by atoms with Gasteiger partial charge in [0.25, 0.3) is 0 Å². The van der Waals surface area contributed by atoms with Crippen molar-refractivity contribution >= 4 is 17.5 Å². The number of nitrogens with zero attached hydrogens (tertiary/aromatic N) is 4. The van der Waals surface area contributed by atoms with Crippen molar-refractivity contribution in [3.8, 4) is 0 Å². The van der Waals surface area contributed by atoms with E-state index in [0.29, 0.717) is 31.0 Å². The third-order valence-electron chi connectivity index (χ3n) is 3.86. The lowest BCUT2D eigenvalue weighted by Gasteiger charge is -2.35. The fraction of sp³-hybridized carbons (Fsp3) is 0.692. The summed E-state index contributed by atoms with van der Waals surface area (Å²) in [5, 5.41) is 24.8. The largest absolute Gasteiger partial charge is 0.481 e. The van der Waals surface area contributed by atoms with Gasteiger partial charge >= 0.3 is 11.7 Å². The second kappa shape index (κ2) is 5.71. The van der Waals surface area contributed by atoms with Crippen LogP contribution in [0.1, 0.15) is 26.0 Å². The Hall–Kier alpha value is -2.12. The van der Waals surface area contributed by atoms with E-state index >= 15 is 0 Å². The molecule has 1 aliphatic heterocycles. The number of carboxylic acids is 1. The van der Waals surface area contributed by atoms with Crippen LogP contribution < -0.4 is 4.90 Å². The van der Waals surface area contributed by atoms with Gasteiger partial charge in [-0.05, 0) is 26.2 Å². The van der Waals surface area contributed by atoms with Crippen LogP contribution in [0.2, 0.25) is 0 Å². The number of carboxylic acid groups (broad SMARTS) is 1. The van der Waals surface area contributed by atoms with E-state index in [9.17, 15) is 20.0 Å². The number of hydrogen-bond acceptors (Lipinski definition) is 5. The van der Waals surface area contributed by atoms with E-state index in [1.807, 2.05) is 13.8 Å². The number of piperidine rings is 1. The summed E-state index contributed by atoms with van der Waals surface area (Å²) in [6.07, 6.45) is 0.596. The molecule has 0 radical (unpaired) electrons. The summed E-state index contributed by atoms with van der Waals surface area (Å²) < 4.78 is 1.59. The predicted octanol–water partition coefficient (Wildman–Crippen LogP) is 1.67. The molecule has 2 atom stereocenters. The maximum atomic E-state index is 11.3. The Morgan fingerprint density at radius 3 is 2.71 bits per heavy atom. The Bertz CT molecular complexity index is 569. The van der Waals surface area contributed by atoms with Gasteiger partial charge in [0, 0.05) is 19.6 Å². The monoisotopic (exact) mass is 296 g/mol. The highest BCUT2D eigenvalue weighted by atomic mass is 16.6. The van der Waals surface area contributed by atoms with Gasteiger partial charge in [0.2, 0.25) is 5.82 Å². The van der Waals surface area contributed by atoms with Crippen molar-refractivity contribution in [2.75, 3.05) is 18.0 Å². The molecule has 0 spiro atoms. The molecule has 1 fully saturated rings. The summed E-state index contributed by atoms with van der Waals surface area (Å²) in [7, 11) is 0. The molecule has 0 aromatic carbocycles. The van der Waals surface area contributed by atoms with Crippen LogP contribution in [-0.2, 0) is 11.3 Å². The molecule has 0 bridgehead atoms. The zero-order valence-electron chi connectivity index (χ0n) is 12.4. The van der Waals surface area contributed by atoms with E-state index in [-0.39, 0.29) is 18.2 Å². The number of hydrogen-bond donors (Lipinski definition) is 1. The zero-order chi connectivity index (χ0) is 15.7. The Kier molecular flexibility index (Phi) is 4.15. The lowest BCUT2D eigenvalue weighted by molar-refractivity contribution is -0.384. The van der Waals surface area contributed by atoms with Crippen LogP contribution in [0.25, 0.3) is 0 Å². The number of rotatable bonds is 4. The lowest BCUT2D eigenvalue weighted by Crippen LogP contribution is -2.43. The van der Waals surface area contributed by atoms with Crippen molar-refractivity contribution in [2.24, 2.45) is 11.8 Å². The van der Waals surface area contributed by atoms with Gasteiger partial charge in [0.05, 0.1) is 10.8 Å².